The number of hydrogen-bond donors (Lipinski definition) is 1. The molecule has 136 valence electrons. The van der Waals surface area contributed by atoms with Gasteiger partial charge in [0.25, 0.3) is 0 Å². The third-order valence-corrected chi connectivity index (χ3v) is 5.16. The Labute approximate surface area is 157 Å². The van der Waals surface area contributed by atoms with Crippen molar-refractivity contribution in [3.8, 4) is 11.4 Å². The van der Waals surface area contributed by atoms with Gasteiger partial charge in [-0.15, -0.1) is 10.2 Å². The van der Waals surface area contributed by atoms with Crippen molar-refractivity contribution in [1.82, 2.24) is 24.9 Å². The summed E-state index contributed by atoms with van der Waals surface area (Å²) >= 11 is 0. The Morgan fingerprint density at radius 3 is 2.67 bits per heavy atom. The van der Waals surface area contributed by atoms with Crippen LogP contribution in [0.5, 0.6) is 0 Å². The van der Waals surface area contributed by atoms with Crippen LogP contribution >= 0.6 is 0 Å². The lowest BCUT2D eigenvalue weighted by atomic mass is 10.1. The molecule has 1 aliphatic heterocycles. The fourth-order valence-electron chi connectivity index (χ4n) is 3.71. The van der Waals surface area contributed by atoms with Gasteiger partial charge < -0.3 is 10.2 Å². The summed E-state index contributed by atoms with van der Waals surface area (Å²) in [7, 11) is 0. The molecule has 0 bridgehead atoms. The van der Waals surface area contributed by atoms with Gasteiger partial charge >= 0.3 is 0 Å². The lowest BCUT2D eigenvalue weighted by molar-refractivity contribution is 0.724. The quantitative estimate of drug-likeness (QED) is 0.597. The summed E-state index contributed by atoms with van der Waals surface area (Å²) in [6.07, 6.45) is 1.10. The molecule has 0 spiro atoms. The molecular formula is C21H22N6. The van der Waals surface area contributed by atoms with Crippen LogP contribution in [0.4, 0.5) is 5.95 Å². The van der Waals surface area contributed by atoms with E-state index in [1.807, 2.05) is 12.1 Å². The number of benzene rings is 2. The number of hydrogen-bond acceptors (Lipinski definition) is 5. The summed E-state index contributed by atoms with van der Waals surface area (Å²) in [5.41, 5.74) is 4.11. The van der Waals surface area contributed by atoms with E-state index in [0.29, 0.717) is 0 Å². The van der Waals surface area contributed by atoms with Crippen molar-refractivity contribution in [3.63, 3.8) is 0 Å². The Kier molecular flexibility index (Phi) is 3.98. The molecule has 1 fully saturated rings. The smallest absolute Gasteiger partial charge is 0.213 e. The molecule has 4 aromatic rings. The molecule has 6 heteroatoms. The van der Waals surface area contributed by atoms with Gasteiger partial charge in [0.2, 0.25) is 5.95 Å². The molecule has 1 N–H and O–H groups in total. The van der Waals surface area contributed by atoms with Crippen molar-refractivity contribution in [1.29, 1.82) is 0 Å². The molecule has 3 heterocycles. The molecule has 0 radical (unpaired) electrons. The molecule has 2 aromatic heterocycles. The first-order valence-electron chi connectivity index (χ1n) is 9.48. The minimum absolute atomic E-state index is 0.843. The number of aryl methyl sites for hydroxylation is 1. The van der Waals surface area contributed by atoms with Gasteiger partial charge in [-0.05, 0) is 32.0 Å². The standard InChI is InChI=1S/C21H22N6/c1-15-7-9-16(10-8-15)19-24-25-20-17-5-2-3-6-18(17)23-21(27(19)20)26-13-4-11-22-12-14-26/h2-3,5-10,22H,4,11-14H2,1H3. The minimum atomic E-state index is 0.843. The lowest BCUT2D eigenvalue weighted by Gasteiger charge is -2.23. The average molecular weight is 358 g/mol. The highest BCUT2D eigenvalue weighted by Gasteiger charge is 2.21. The van der Waals surface area contributed by atoms with Crippen LogP contribution in [0.15, 0.2) is 48.5 Å². The molecule has 0 aliphatic carbocycles. The van der Waals surface area contributed by atoms with E-state index in [2.05, 4.69) is 68.1 Å². The normalized spacial score (nSPS) is 15.4. The van der Waals surface area contributed by atoms with E-state index < -0.39 is 0 Å². The van der Waals surface area contributed by atoms with E-state index in [4.69, 9.17) is 4.98 Å². The Hall–Kier alpha value is -2.99. The number of fused-ring (bicyclic) bond motifs is 3. The second kappa shape index (κ2) is 6.63. The van der Waals surface area contributed by atoms with Crippen LogP contribution in [0.3, 0.4) is 0 Å². The van der Waals surface area contributed by atoms with Gasteiger partial charge in [0, 0.05) is 30.6 Å². The summed E-state index contributed by atoms with van der Waals surface area (Å²) in [6.45, 7) is 5.99. The van der Waals surface area contributed by atoms with E-state index >= 15 is 0 Å². The third-order valence-electron chi connectivity index (χ3n) is 5.16. The fraction of sp³-hybridized carbons (Fsp3) is 0.286. The number of aromatic nitrogens is 4. The molecule has 0 atom stereocenters. The van der Waals surface area contributed by atoms with Crippen LogP contribution in [0.1, 0.15) is 12.0 Å². The number of rotatable bonds is 2. The summed E-state index contributed by atoms with van der Waals surface area (Å²) in [6, 6.07) is 16.6. The first kappa shape index (κ1) is 16.2. The van der Waals surface area contributed by atoms with Crippen LogP contribution in [-0.2, 0) is 0 Å². The highest BCUT2D eigenvalue weighted by atomic mass is 15.4. The Bertz CT molecular complexity index is 1090. The van der Waals surface area contributed by atoms with Gasteiger partial charge in [-0.25, -0.2) is 9.38 Å². The SMILES string of the molecule is Cc1ccc(-c2nnc3c4ccccc4nc(N4CCCNCC4)n23)cc1. The molecule has 0 amide bonds. The first-order chi connectivity index (χ1) is 13.3. The molecule has 0 saturated carbocycles. The van der Waals surface area contributed by atoms with Crippen LogP contribution in [-0.4, -0.2) is 45.8 Å². The van der Waals surface area contributed by atoms with Gasteiger partial charge in [0.1, 0.15) is 0 Å². The summed E-state index contributed by atoms with van der Waals surface area (Å²) < 4.78 is 2.12. The predicted molar refractivity (Wildman–Crippen MR) is 108 cm³/mol. The lowest BCUT2D eigenvalue weighted by Crippen LogP contribution is -2.30. The van der Waals surface area contributed by atoms with Crippen LogP contribution < -0.4 is 10.2 Å². The van der Waals surface area contributed by atoms with Crippen molar-refractivity contribution in [2.45, 2.75) is 13.3 Å². The zero-order chi connectivity index (χ0) is 18.2. The van der Waals surface area contributed by atoms with Gasteiger partial charge in [0.15, 0.2) is 11.5 Å². The highest BCUT2D eigenvalue weighted by molar-refractivity contribution is 5.93. The van der Waals surface area contributed by atoms with Crippen LogP contribution in [0.2, 0.25) is 0 Å². The maximum Gasteiger partial charge on any atom is 0.213 e. The van der Waals surface area contributed by atoms with E-state index in [-0.39, 0.29) is 0 Å². The number of nitrogens with one attached hydrogen (secondary N) is 1. The molecular weight excluding hydrogens is 336 g/mol. The fourth-order valence-corrected chi connectivity index (χ4v) is 3.71. The monoisotopic (exact) mass is 358 g/mol. The zero-order valence-electron chi connectivity index (χ0n) is 15.4. The summed E-state index contributed by atoms with van der Waals surface area (Å²) in [4.78, 5) is 7.37. The van der Waals surface area contributed by atoms with Crippen molar-refractivity contribution >= 4 is 22.5 Å². The number of nitrogens with zero attached hydrogens (tertiary/aromatic N) is 5. The number of anilines is 1. The van der Waals surface area contributed by atoms with Gasteiger partial charge in [0.05, 0.1) is 5.52 Å². The van der Waals surface area contributed by atoms with Crippen molar-refractivity contribution in [2.75, 3.05) is 31.1 Å². The molecule has 5 rings (SSSR count). The largest absolute Gasteiger partial charge is 0.341 e. The molecule has 27 heavy (non-hydrogen) atoms. The van der Waals surface area contributed by atoms with Crippen LogP contribution in [0, 0.1) is 6.92 Å². The van der Waals surface area contributed by atoms with E-state index in [9.17, 15) is 0 Å². The van der Waals surface area contributed by atoms with Gasteiger partial charge in [-0.2, -0.15) is 0 Å². The highest BCUT2D eigenvalue weighted by Crippen LogP contribution is 2.28. The zero-order valence-corrected chi connectivity index (χ0v) is 15.4. The van der Waals surface area contributed by atoms with Crippen molar-refractivity contribution in [3.05, 3.63) is 54.1 Å². The van der Waals surface area contributed by atoms with Crippen molar-refractivity contribution < 1.29 is 0 Å². The molecule has 2 aromatic carbocycles. The van der Waals surface area contributed by atoms with E-state index in [0.717, 1.165) is 66.5 Å². The molecule has 1 aliphatic rings. The average Bonchev–Trinajstić information content (AvgIpc) is 2.96. The molecule has 0 unspecified atom stereocenters. The maximum atomic E-state index is 5.03. The van der Waals surface area contributed by atoms with E-state index in [1.54, 1.807) is 0 Å². The minimum Gasteiger partial charge on any atom is -0.341 e. The number of para-hydroxylation sites is 1. The van der Waals surface area contributed by atoms with Crippen molar-refractivity contribution in [2.24, 2.45) is 0 Å². The predicted octanol–water partition coefficient (Wildman–Crippen LogP) is 3.05. The Morgan fingerprint density at radius 1 is 0.926 bits per heavy atom. The Balaban J connectivity index is 1.79. The third kappa shape index (κ3) is 2.82. The second-order valence-corrected chi connectivity index (χ2v) is 7.07. The Morgan fingerprint density at radius 2 is 1.78 bits per heavy atom. The second-order valence-electron chi connectivity index (χ2n) is 7.07. The molecule has 1 saturated heterocycles. The first-order valence-corrected chi connectivity index (χ1v) is 9.48. The van der Waals surface area contributed by atoms with Gasteiger partial charge in [-0.1, -0.05) is 42.0 Å². The summed E-state index contributed by atoms with van der Waals surface area (Å²) in [5, 5.41) is 13.6. The van der Waals surface area contributed by atoms with Gasteiger partial charge in [-0.3, -0.25) is 0 Å². The maximum absolute atomic E-state index is 5.03. The topological polar surface area (TPSA) is 58.4 Å². The van der Waals surface area contributed by atoms with E-state index in [1.165, 1.54) is 5.56 Å². The molecule has 6 nitrogen and oxygen atoms in total. The summed E-state index contributed by atoms with van der Waals surface area (Å²) in [5.74, 6) is 1.77. The van der Waals surface area contributed by atoms with Crippen LogP contribution in [0.25, 0.3) is 27.9 Å².